The molecule has 0 amide bonds. The van der Waals surface area contributed by atoms with Crippen molar-refractivity contribution < 1.29 is 4.42 Å². The van der Waals surface area contributed by atoms with Crippen LogP contribution in [0.3, 0.4) is 0 Å². The molecule has 5 heteroatoms. The lowest BCUT2D eigenvalue weighted by molar-refractivity contribution is 0.284. The van der Waals surface area contributed by atoms with Crippen molar-refractivity contribution in [2.75, 3.05) is 20.1 Å². The van der Waals surface area contributed by atoms with E-state index in [1.54, 1.807) is 6.92 Å². The highest BCUT2D eigenvalue weighted by Gasteiger charge is 2.05. The molecule has 5 nitrogen and oxygen atoms in total. The van der Waals surface area contributed by atoms with Gasteiger partial charge in [0.2, 0.25) is 11.8 Å². The van der Waals surface area contributed by atoms with E-state index in [9.17, 15) is 0 Å². The van der Waals surface area contributed by atoms with Gasteiger partial charge < -0.3 is 10.2 Å². The molecule has 0 atom stereocenters. The summed E-state index contributed by atoms with van der Waals surface area (Å²) < 4.78 is 5.24. The predicted molar refractivity (Wildman–Crippen MR) is 49.0 cm³/mol. The minimum absolute atomic E-state index is 0.613. The largest absolute Gasteiger partial charge is 0.424 e. The van der Waals surface area contributed by atoms with Crippen molar-refractivity contribution in [2.24, 2.45) is 5.73 Å². The Kier molecular flexibility index (Phi) is 3.85. The molecular weight excluding hydrogens is 168 g/mol. The fourth-order valence-electron chi connectivity index (χ4n) is 1.07. The third kappa shape index (κ3) is 3.52. The van der Waals surface area contributed by atoms with Crippen LogP contribution >= 0.6 is 0 Å². The molecule has 0 aliphatic carbocycles. The first-order chi connectivity index (χ1) is 6.22. The maximum atomic E-state index is 5.40. The maximum Gasteiger partial charge on any atom is 0.230 e. The Morgan fingerprint density at radius 3 is 2.77 bits per heavy atom. The fraction of sp³-hybridized carbons (Fsp3) is 0.750. The first-order valence-electron chi connectivity index (χ1n) is 4.40. The van der Waals surface area contributed by atoms with Crippen LogP contribution in [-0.2, 0) is 6.54 Å². The number of rotatable bonds is 5. The molecule has 1 heterocycles. The number of aryl methyl sites for hydroxylation is 1. The van der Waals surface area contributed by atoms with Crippen LogP contribution in [0.25, 0.3) is 0 Å². The van der Waals surface area contributed by atoms with Crippen molar-refractivity contribution in [2.45, 2.75) is 19.9 Å². The monoisotopic (exact) mass is 184 g/mol. The third-order valence-electron chi connectivity index (χ3n) is 1.72. The molecular formula is C8H16N4O. The van der Waals surface area contributed by atoms with Gasteiger partial charge in [-0.15, -0.1) is 10.2 Å². The van der Waals surface area contributed by atoms with Crippen LogP contribution in [-0.4, -0.2) is 35.2 Å². The Morgan fingerprint density at radius 1 is 1.46 bits per heavy atom. The normalized spacial score (nSPS) is 11.1. The highest BCUT2D eigenvalue weighted by atomic mass is 16.4. The van der Waals surface area contributed by atoms with Crippen LogP contribution in [0.4, 0.5) is 0 Å². The maximum absolute atomic E-state index is 5.40. The van der Waals surface area contributed by atoms with Gasteiger partial charge in [0.1, 0.15) is 0 Å². The minimum Gasteiger partial charge on any atom is -0.424 e. The Morgan fingerprint density at radius 2 is 2.23 bits per heavy atom. The molecule has 2 N–H and O–H groups in total. The van der Waals surface area contributed by atoms with Crippen molar-refractivity contribution in [1.82, 2.24) is 15.1 Å². The van der Waals surface area contributed by atoms with Crippen molar-refractivity contribution >= 4 is 0 Å². The second kappa shape index (κ2) is 4.94. The standard InChI is InChI=1S/C8H16N4O/c1-7-10-11-8(13-7)6-12(2)5-3-4-9/h3-6,9H2,1-2H3. The van der Waals surface area contributed by atoms with E-state index in [4.69, 9.17) is 10.2 Å². The molecule has 0 saturated heterocycles. The van der Waals surface area contributed by atoms with Gasteiger partial charge in [0.05, 0.1) is 6.54 Å². The number of hydrogen-bond acceptors (Lipinski definition) is 5. The zero-order chi connectivity index (χ0) is 9.68. The fourth-order valence-corrected chi connectivity index (χ4v) is 1.07. The number of aromatic nitrogens is 2. The molecule has 1 aromatic rings. The van der Waals surface area contributed by atoms with E-state index in [1.165, 1.54) is 0 Å². The minimum atomic E-state index is 0.613. The van der Waals surface area contributed by atoms with Crippen molar-refractivity contribution in [3.63, 3.8) is 0 Å². The second-order valence-electron chi connectivity index (χ2n) is 3.09. The number of nitrogens with two attached hydrogens (primary N) is 1. The molecule has 0 bridgehead atoms. The Hall–Kier alpha value is -0.940. The zero-order valence-electron chi connectivity index (χ0n) is 8.16. The lowest BCUT2D eigenvalue weighted by Crippen LogP contribution is -2.21. The van der Waals surface area contributed by atoms with Crippen LogP contribution in [0.1, 0.15) is 18.2 Å². The summed E-state index contributed by atoms with van der Waals surface area (Å²) in [5.74, 6) is 1.28. The average Bonchev–Trinajstić information content (AvgIpc) is 2.48. The van der Waals surface area contributed by atoms with Gasteiger partial charge in [-0.1, -0.05) is 0 Å². The Bertz CT molecular complexity index is 248. The van der Waals surface area contributed by atoms with E-state index in [-0.39, 0.29) is 0 Å². The first kappa shape index (κ1) is 10.1. The first-order valence-corrected chi connectivity index (χ1v) is 4.40. The van der Waals surface area contributed by atoms with E-state index in [2.05, 4.69) is 15.1 Å². The van der Waals surface area contributed by atoms with Crippen molar-refractivity contribution in [1.29, 1.82) is 0 Å². The van der Waals surface area contributed by atoms with Crippen LogP contribution < -0.4 is 5.73 Å². The predicted octanol–water partition coefficient (Wildman–Crippen LogP) is 0.159. The quantitative estimate of drug-likeness (QED) is 0.706. The van der Waals surface area contributed by atoms with Crippen molar-refractivity contribution in [3.8, 4) is 0 Å². The SMILES string of the molecule is Cc1nnc(CN(C)CCCN)o1. The lowest BCUT2D eigenvalue weighted by atomic mass is 10.4. The van der Waals surface area contributed by atoms with Gasteiger partial charge in [0.25, 0.3) is 0 Å². The molecule has 0 aliphatic rings. The molecule has 0 unspecified atom stereocenters. The summed E-state index contributed by atoms with van der Waals surface area (Å²) in [6.07, 6.45) is 0.990. The average molecular weight is 184 g/mol. The van der Waals surface area contributed by atoms with Gasteiger partial charge >= 0.3 is 0 Å². The molecule has 0 fully saturated rings. The summed E-state index contributed by atoms with van der Waals surface area (Å²) in [4.78, 5) is 2.11. The van der Waals surface area contributed by atoms with Crippen LogP contribution in [0.5, 0.6) is 0 Å². The Balaban J connectivity index is 2.31. The molecule has 0 aromatic carbocycles. The Labute approximate surface area is 77.9 Å². The summed E-state index contributed by atoms with van der Waals surface area (Å²) in [5, 5.41) is 7.66. The molecule has 0 aliphatic heterocycles. The highest BCUT2D eigenvalue weighted by molar-refractivity contribution is 4.78. The van der Waals surface area contributed by atoms with Crippen LogP contribution in [0.15, 0.2) is 4.42 Å². The topological polar surface area (TPSA) is 68.2 Å². The summed E-state index contributed by atoms with van der Waals surface area (Å²) in [6.45, 7) is 4.16. The highest BCUT2D eigenvalue weighted by Crippen LogP contribution is 2.01. The van der Waals surface area contributed by atoms with Gasteiger partial charge in [0, 0.05) is 6.92 Å². The van der Waals surface area contributed by atoms with Gasteiger partial charge in [0.15, 0.2) is 0 Å². The van der Waals surface area contributed by atoms with Gasteiger partial charge in [-0.05, 0) is 26.6 Å². The van der Waals surface area contributed by atoms with Crippen LogP contribution in [0, 0.1) is 6.92 Å². The van der Waals surface area contributed by atoms with Crippen molar-refractivity contribution in [3.05, 3.63) is 11.8 Å². The molecule has 0 radical (unpaired) electrons. The zero-order valence-corrected chi connectivity index (χ0v) is 8.16. The molecule has 0 saturated carbocycles. The lowest BCUT2D eigenvalue weighted by Gasteiger charge is -2.12. The molecule has 1 aromatic heterocycles. The number of nitrogens with zero attached hydrogens (tertiary/aromatic N) is 3. The van der Waals surface area contributed by atoms with Gasteiger partial charge in [-0.25, -0.2) is 0 Å². The smallest absolute Gasteiger partial charge is 0.230 e. The van der Waals surface area contributed by atoms with E-state index in [1.807, 2.05) is 7.05 Å². The van der Waals surface area contributed by atoms with E-state index >= 15 is 0 Å². The summed E-state index contributed by atoms with van der Waals surface area (Å²) in [6, 6.07) is 0. The molecule has 0 spiro atoms. The van der Waals surface area contributed by atoms with Crippen LogP contribution in [0.2, 0.25) is 0 Å². The second-order valence-corrected chi connectivity index (χ2v) is 3.09. The summed E-state index contributed by atoms with van der Waals surface area (Å²) in [7, 11) is 2.01. The number of hydrogen-bond donors (Lipinski definition) is 1. The van der Waals surface area contributed by atoms with E-state index in [0.717, 1.165) is 13.0 Å². The van der Waals surface area contributed by atoms with E-state index < -0.39 is 0 Å². The van der Waals surface area contributed by atoms with E-state index in [0.29, 0.717) is 24.9 Å². The van der Waals surface area contributed by atoms with Gasteiger partial charge in [-0.3, -0.25) is 4.90 Å². The summed E-state index contributed by atoms with van der Waals surface area (Å²) in [5.41, 5.74) is 5.40. The molecule has 74 valence electrons. The summed E-state index contributed by atoms with van der Waals surface area (Å²) >= 11 is 0. The third-order valence-corrected chi connectivity index (χ3v) is 1.72. The molecule has 13 heavy (non-hydrogen) atoms. The van der Waals surface area contributed by atoms with Gasteiger partial charge in [-0.2, -0.15) is 0 Å². The molecule has 1 rings (SSSR count).